The summed E-state index contributed by atoms with van der Waals surface area (Å²) in [4.78, 5) is 174. The fourth-order valence-electron chi connectivity index (χ4n) is 10.6. The van der Waals surface area contributed by atoms with Crippen LogP contribution in [0.5, 0.6) is 0 Å². The number of aliphatic hydroxyl groups is 1. The number of alkyl carbamates (subject to hydrolysis) is 1. The number of rotatable bonds is 38. The standard InChI is InChI=1S/C65H118N12O15/c1-26-28-29-41(13)53(80)52(57(84)70-44(27-2)59(86)72(20)35-49(78)79)77(25)63(90)51(40(11)12)76(24)61(88)48(34-38(7)8)75(23)60(87)47(33-37(5)6)74(22)58(85)43(15)69-54(81)42(14)68-56(83)46(32-36(3)4)73(21)62(89)50(39(9)10)71-55(82)45(66-19)30-31-67-64(91)92-65(16,17)18/h26,28,36-48,50-53,66,80H,27,29-35H2,1-25H3,(H,67,91)(H,68,83)(H,69,81)(H,70,84)(H,71,82)(H,78,79)/b28-26+/t41-,42+,43+,44+,45+,46+,47+,48+,50+,51+,52+,53-/m1/s1. The van der Waals surface area contributed by atoms with E-state index in [0.29, 0.717) is 6.42 Å². The highest BCUT2D eigenvalue weighted by atomic mass is 16.6. The molecule has 0 rings (SSSR count). The molecule has 92 heavy (non-hydrogen) atoms. The van der Waals surface area contributed by atoms with Crippen molar-refractivity contribution < 1.29 is 72.5 Å². The number of carbonyl (C=O) groups is 12. The second-order valence-corrected chi connectivity index (χ2v) is 27.4. The second-order valence-electron chi connectivity index (χ2n) is 27.4. The average molecular weight is 1310 g/mol. The molecule has 27 heteroatoms. The van der Waals surface area contributed by atoms with Gasteiger partial charge in [-0.15, -0.1) is 0 Å². The largest absolute Gasteiger partial charge is 0.480 e. The Morgan fingerprint density at radius 3 is 1.43 bits per heavy atom. The molecule has 0 saturated carbocycles. The number of aliphatic hydroxyl groups excluding tert-OH is 1. The lowest BCUT2D eigenvalue weighted by Gasteiger charge is -2.41. The maximum absolute atomic E-state index is 15.1. The van der Waals surface area contributed by atoms with Crippen LogP contribution >= 0.6 is 0 Å². The van der Waals surface area contributed by atoms with E-state index in [2.05, 4.69) is 31.9 Å². The molecule has 27 nitrogen and oxygen atoms in total. The highest BCUT2D eigenvalue weighted by Gasteiger charge is 2.45. The van der Waals surface area contributed by atoms with Crippen molar-refractivity contribution in [2.75, 3.05) is 62.4 Å². The van der Waals surface area contributed by atoms with Gasteiger partial charge in [0.25, 0.3) is 0 Å². The van der Waals surface area contributed by atoms with Crippen molar-refractivity contribution in [3.8, 4) is 0 Å². The van der Waals surface area contributed by atoms with Crippen molar-refractivity contribution in [1.82, 2.24) is 61.3 Å². The van der Waals surface area contributed by atoms with Gasteiger partial charge in [-0.2, -0.15) is 0 Å². The first-order valence-corrected chi connectivity index (χ1v) is 32.3. The number of nitrogens with one attached hydrogen (secondary N) is 6. The van der Waals surface area contributed by atoms with E-state index in [0.717, 1.165) is 9.80 Å². The van der Waals surface area contributed by atoms with E-state index in [-0.39, 0.29) is 56.4 Å². The monoisotopic (exact) mass is 1310 g/mol. The van der Waals surface area contributed by atoms with Gasteiger partial charge in [0.1, 0.15) is 66.5 Å². The number of carboxylic acids is 1. The molecule has 8 N–H and O–H groups in total. The van der Waals surface area contributed by atoms with E-state index >= 15 is 4.79 Å². The summed E-state index contributed by atoms with van der Waals surface area (Å²) in [6, 6.07) is -11.9. The zero-order chi connectivity index (χ0) is 71.7. The first-order chi connectivity index (χ1) is 42.3. The maximum Gasteiger partial charge on any atom is 0.407 e. The molecule has 0 aliphatic rings. The SMILES string of the molecule is C/C=C/C[C@@H](C)[C@@H](O)[C@@H](C(=O)N[C@@H](CC)C(=O)N(C)CC(=O)O)N(C)C(=O)[C@H](C(C)C)N(C)C(=O)[C@H](CC(C)C)N(C)C(=O)[C@H](CC(C)C)N(C)C(=O)[C@H](C)NC(=O)[C@H](C)NC(=O)[C@H](CC(C)C)N(C)C(=O)[C@@H](NC(=O)[C@H](CCNC(=O)OC(C)(C)C)NC)C(C)C. The van der Waals surface area contributed by atoms with E-state index < -0.39 is 168 Å². The van der Waals surface area contributed by atoms with Crippen LogP contribution in [-0.2, 0) is 57.5 Å². The Morgan fingerprint density at radius 1 is 0.522 bits per heavy atom. The number of amides is 11. The average Bonchev–Trinajstić information content (AvgIpc) is 0.826. The van der Waals surface area contributed by atoms with Crippen LogP contribution in [0.2, 0.25) is 0 Å². The summed E-state index contributed by atoms with van der Waals surface area (Å²) >= 11 is 0. The molecule has 0 bridgehead atoms. The Balaban J connectivity index is 6.87. The Labute approximate surface area is 548 Å². The van der Waals surface area contributed by atoms with Gasteiger partial charge in [-0.25, -0.2) is 4.79 Å². The Bertz CT molecular complexity index is 2500. The summed E-state index contributed by atoms with van der Waals surface area (Å²) in [7, 11) is 9.87. The maximum atomic E-state index is 15.1. The molecule has 0 unspecified atom stereocenters. The van der Waals surface area contributed by atoms with E-state index in [4.69, 9.17) is 4.74 Å². The van der Waals surface area contributed by atoms with Gasteiger partial charge < -0.3 is 76.3 Å². The molecule has 0 spiro atoms. The van der Waals surface area contributed by atoms with Crippen LogP contribution in [0, 0.1) is 35.5 Å². The summed E-state index contributed by atoms with van der Waals surface area (Å²) in [5.41, 5.74) is -0.719. The normalized spacial score (nSPS) is 15.7. The third-order valence-electron chi connectivity index (χ3n) is 16.0. The van der Waals surface area contributed by atoms with Crippen molar-refractivity contribution in [2.24, 2.45) is 35.5 Å². The van der Waals surface area contributed by atoms with Gasteiger partial charge in [0.05, 0.1) is 12.1 Å². The molecule has 11 amide bonds. The van der Waals surface area contributed by atoms with Gasteiger partial charge >= 0.3 is 12.1 Å². The number of aliphatic carboxylic acids is 1. The minimum absolute atomic E-state index is 0.0497. The van der Waals surface area contributed by atoms with Gasteiger partial charge in [-0.3, -0.25) is 52.7 Å². The first-order valence-electron chi connectivity index (χ1n) is 32.3. The topological polar surface area (TPSA) is 346 Å². The predicted octanol–water partition coefficient (Wildman–Crippen LogP) is 2.97. The Morgan fingerprint density at radius 2 is 0.989 bits per heavy atom. The summed E-state index contributed by atoms with van der Waals surface area (Å²) < 4.78 is 5.28. The molecule has 0 aromatic carbocycles. The summed E-state index contributed by atoms with van der Waals surface area (Å²) in [5.74, 6) is -10.1. The number of hydrogen-bond donors (Lipinski definition) is 8. The molecule has 0 heterocycles. The van der Waals surface area contributed by atoms with E-state index in [9.17, 15) is 63.0 Å². The number of likely N-dealkylation sites (N-methyl/N-ethyl adjacent to an activating group) is 7. The van der Waals surface area contributed by atoms with Crippen LogP contribution in [0.15, 0.2) is 12.2 Å². The van der Waals surface area contributed by atoms with Crippen molar-refractivity contribution in [3.05, 3.63) is 12.2 Å². The minimum Gasteiger partial charge on any atom is -0.480 e. The quantitative estimate of drug-likeness (QED) is 0.0412. The number of allylic oxidation sites excluding steroid dienone is 2. The lowest BCUT2D eigenvalue weighted by Crippen LogP contribution is -2.63. The van der Waals surface area contributed by atoms with Gasteiger partial charge in [-0.1, -0.05) is 95.2 Å². The van der Waals surface area contributed by atoms with Gasteiger partial charge in [0, 0.05) is 48.8 Å². The summed E-state index contributed by atoms with van der Waals surface area (Å²) in [6.45, 7) is 30.6. The van der Waals surface area contributed by atoms with Crippen LogP contribution in [0.25, 0.3) is 0 Å². The van der Waals surface area contributed by atoms with Crippen LogP contribution in [-0.4, -0.2) is 245 Å². The van der Waals surface area contributed by atoms with Crippen molar-refractivity contribution in [2.45, 2.75) is 235 Å². The zero-order valence-electron chi connectivity index (χ0n) is 60.0. The Kier molecular flexibility index (Phi) is 36.6. The first kappa shape index (κ1) is 85.1. The second kappa shape index (κ2) is 39.6. The lowest BCUT2D eigenvalue weighted by molar-refractivity contribution is -0.157. The van der Waals surface area contributed by atoms with Crippen molar-refractivity contribution in [3.63, 3.8) is 0 Å². The molecule has 0 fully saturated rings. The molecule has 12 atom stereocenters. The third-order valence-corrected chi connectivity index (χ3v) is 16.0. The van der Waals surface area contributed by atoms with E-state index in [1.165, 1.54) is 75.7 Å². The van der Waals surface area contributed by atoms with E-state index in [1.807, 2.05) is 41.5 Å². The lowest BCUT2D eigenvalue weighted by atomic mass is 9.91. The smallest absolute Gasteiger partial charge is 0.407 e. The highest BCUT2D eigenvalue weighted by molar-refractivity contribution is 5.99. The number of ether oxygens (including phenoxy) is 1. The molecular formula is C65H118N12O15. The van der Waals surface area contributed by atoms with Crippen molar-refractivity contribution in [1.29, 1.82) is 0 Å². The summed E-state index contributed by atoms with van der Waals surface area (Å²) in [5, 5.41) is 37.5. The molecule has 0 saturated heterocycles. The highest BCUT2D eigenvalue weighted by Crippen LogP contribution is 2.25. The number of carboxylic acid groups (broad SMARTS) is 1. The fourth-order valence-corrected chi connectivity index (χ4v) is 10.6. The molecule has 0 aromatic heterocycles. The minimum atomic E-state index is -1.60. The molecule has 0 aliphatic heterocycles. The summed E-state index contributed by atoms with van der Waals surface area (Å²) in [6.07, 6.45) is 2.36. The van der Waals surface area contributed by atoms with Crippen LogP contribution < -0.4 is 31.9 Å². The van der Waals surface area contributed by atoms with Crippen LogP contribution in [0.4, 0.5) is 4.79 Å². The number of hydrogen-bond acceptors (Lipinski definition) is 15. The molecule has 528 valence electrons. The van der Waals surface area contributed by atoms with Crippen LogP contribution in [0.1, 0.15) is 163 Å². The van der Waals surface area contributed by atoms with Gasteiger partial charge in [0.15, 0.2) is 0 Å². The number of carbonyl (C=O) groups excluding carboxylic acids is 11. The van der Waals surface area contributed by atoms with Crippen LogP contribution in [0.3, 0.4) is 0 Å². The van der Waals surface area contributed by atoms with Crippen molar-refractivity contribution >= 4 is 71.1 Å². The van der Waals surface area contributed by atoms with E-state index in [1.54, 1.807) is 88.4 Å². The predicted molar refractivity (Wildman–Crippen MR) is 352 cm³/mol. The third kappa shape index (κ3) is 27.0. The molecular weight excluding hydrogens is 1190 g/mol. The molecule has 0 aliphatic carbocycles. The van der Waals surface area contributed by atoms with Gasteiger partial charge in [-0.05, 0) is 123 Å². The fraction of sp³-hybridized carbons (Fsp3) is 0.785. The van der Waals surface area contributed by atoms with Gasteiger partial charge in [0.2, 0.25) is 59.1 Å². The zero-order valence-corrected chi connectivity index (χ0v) is 60.0. The Hall–Kier alpha value is -6.90. The number of nitrogens with zero attached hydrogens (tertiary/aromatic N) is 6. The molecule has 0 aromatic rings. The molecule has 0 radical (unpaired) electrons.